The minimum absolute atomic E-state index is 0.207. The van der Waals surface area contributed by atoms with E-state index in [0.29, 0.717) is 18.7 Å². The zero-order valence-corrected chi connectivity index (χ0v) is 9.78. The Morgan fingerprint density at radius 2 is 2.06 bits per heavy atom. The highest BCUT2D eigenvalue weighted by Gasteiger charge is 2.19. The van der Waals surface area contributed by atoms with Crippen molar-refractivity contribution in [3.8, 4) is 0 Å². The van der Waals surface area contributed by atoms with Gasteiger partial charge in [0.15, 0.2) is 9.84 Å². The van der Waals surface area contributed by atoms with Crippen LogP contribution < -0.4 is 10.6 Å². The number of sulfone groups is 1. The standard InChI is InChI=1S/C10H15N3O2S/c11-9-2-3-10(12-8-9)13-4-1-6-16(14,15)7-5-13/h2-3,8H,1,4-7,11H2. The van der Waals surface area contributed by atoms with Gasteiger partial charge in [0.1, 0.15) is 5.82 Å². The molecule has 5 nitrogen and oxygen atoms in total. The molecule has 0 aliphatic carbocycles. The van der Waals surface area contributed by atoms with Crippen molar-refractivity contribution in [3.05, 3.63) is 18.3 Å². The fourth-order valence-electron chi connectivity index (χ4n) is 1.75. The summed E-state index contributed by atoms with van der Waals surface area (Å²) in [6.45, 7) is 1.25. The Kier molecular flexibility index (Phi) is 3.00. The van der Waals surface area contributed by atoms with E-state index in [1.165, 1.54) is 0 Å². The fourth-order valence-corrected chi connectivity index (χ4v) is 3.02. The number of nitrogen functional groups attached to an aromatic ring is 1. The number of anilines is 2. The molecular weight excluding hydrogens is 226 g/mol. The van der Waals surface area contributed by atoms with E-state index in [4.69, 9.17) is 5.73 Å². The molecule has 2 N–H and O–H groups in total. The van der Waals surface area contributed by atoms with E-state index >= 15 is 0 Å². The van der Waals surface area contributed by atoms with Crippen molar-refractivity contribution in [1.82, 2.24) is 4.98 Å². The molecule has 2 rings (SSSR count). The summed E-state index contributed by atoms with van der Waals surface area (Å²) >= 11 is 0. The summed E-state index contributed by atoms with van der Waals surface area (Å²) in [4.78, 5) is 6.19. The van der Waals surface area contributed by atoms with Gasteiger partial charge < -0.3 is 10.6 Å². The molecule has 0 radical (unpaired) electrons. The van der Waals surface area contributed by atoms with E-state index in [-0.39, 0.29) is 11.5 Å². The third-order valence-electron chi connectivity index (χ3n) is 2.65. The van der Waals surface area contributed by atoms with E-state index in [1.54, 1.807) is 12.3 Å². The van der Waals surface area contributed by atoms with Crippen LogP contribution in [0.5, 0.6) is 0 Å². The lowest BCUT2D eigenvalue weighted by molar-refractivity contribution is 0.597. The van der Waals surface area contributed by atoms with Crippen molar-refractivity contribution >= 4 is 21.3 Å². The molecule has 1 aromatic heterocycles. The van der Waals surface area contributed by atoms with Gasteiger partial charge in [-0.15, -0.1) is 0 Å². The first kappa shape index (κ1) is 11.2. The Hall–Kier alpha value is -1.30. The third kappa shape index (κ3) is 2.63. The number of nitrogens with two attached hydrogens (primary N) is 1. The number of nitrogens with zero attached hydrogens (tertiary/aromatic N) is 2. The topological polar surface area (TPSA) is 76.3 Å². The quantitative estimate of drug-likeness (QED) is 0.764. The van der Waals surface area contributed by atoms with Crippen molar-refractivity contribution in [2.75, 3.05) is 35.2 Å². The summed E-state index contributed by atoms with van der Waals surface area (Å²) in [5, 5.41) is 0. The monoisotopic (exact) mass is 241 g/mol. The van der Waals surface area contributed by atoms with E-state index in [1.807, 2.05) is 11.0 Å². The Balaban J connectivity index is 2.13. The van der Waals surface area contributed by atoms with Crippen LogP contribution in [-0.4, -0.2) is 38.0 Å². The van der Waals surface area contributed by atoms with E-state index in [2.05, 4.69) is 4.98 Å². The highest BCUT2D eigenvalue weighted by molar-refractivity contribution is 7.91. The van der Waals surface area contributed by atoms with Gasteiger partial charge in [0, 0.05) is 13.1 Å². The largest absolute Gasteiger partial charge is 0.397 e. The molecular formula is C10H15N3O2S. The molecule has 0 spiro atoms. The summed E-state index contributed by atoms with van der Waals surface area (Å²) in [5.74, 6) is 1.28. The first-order valence-electron chi connectivity index (χ1n) is 5.24. The van der Waals surface area contributed by atoms with Gasteiger partial charge in [-0.1, -0.05) is 0 Å². The fraction of sp³-hybridized carbons (Fsp3) is 0.500. The first-order chi connectivity index (χ1) is 7.57. The molecule has 0 unspecified atom stereocenters. The van der Waals surface area contributed by atoms with Gasteiger partial charge in [0.05, 0.1) is 23.4 Å². The van der Waals surface area contributed by atoms with Crippen LogP contribution in [0.3, 0.4) is 0 Å². The second-order valence-electron chi connectivity index (χ2n) is 3.94. The highest BCUT2D eigenvalue weighted by atomic mass is 32.2. The second kappa shape index (κ2) is 4.29. The molecule has 0 aromatic carbocycles. The van der Waals surface area contributed by atoms with Crippen LogP contribution in [-0.2, 0) is 9.84 Å². The Bertz CT molecular complexity index is 455. The van der Waals surface area contributed by atoms with Crippen molar-refractivity contribution in [3.63, 3.8) is 0 Å². The van der Waals surface area contributed by atoms with Gasteiger partial charge in [-0.25, -0.2) is 13.4 Å². The molecule has 16 heavy (non-hydrogen) atoms. The smallest absolute Gasteiger partial charge is 0.152 e. The van der Waals surface area contributed by atoms with Crippen molar-refractivity contribution in [2.24, 2.45) is 0 Å². The molecule has 1 aliphatic rings. The summed E-state index contributed by atoms with van der Waals surface area (Å²) in [6, 6.07) is 3.61. The SMILES string of the molecule is Nc1ccc(N2CCCS(=O)(=O)CC2)nc1. The van der Waals surface area contributed by atoms with E-state index in [0.717, 1.165) is 12.4 Å². The predicted molar refractivity (Wildman–Crippen MR) is 64.1 cm³/mol. The third-order valence-corrected chi connectivity index (χ3v) is 4.37. The number of hydrogen-bond donors (Lipinski definition) is 1. The van der Waals surface area contributed by atoms with Crippen LogP contribution >= 0.6 is 0 Å². The minimum atomic E-state index is -2.86. The zero-order chi connectivity index (χ0) is 11.6. The molecule has 1 fully saturated rings. The zero-order valence-electron chi connectivity index (χ0n) is 8.96. The maximum absolute atomic E-state index is 11.4. The van der Waals surface area contributed by atoms with Crippen LogP contribution in [0.4, 0.5) is 11.5 Å². The number of hydrogen-bond acceptors (Lipinski definition) is 5. The molecule has 0 saturated carbocycles. The van der Waals surface area contributed by atoms with Crippen LogP contribution in [0.15, 0.2) is 18.3 Å². The highest BCUT2D eigenvalue weighted by Crippen LogP contribution is 2.15. The van der Waals surface area contributed by atoms with Crippen molar-refractivity contribution in [2.45, 2.75) is 6.42 Å². The van der Waals surface area contributed by atoms with E-state index < -0.39 is 9.84 Å². The van der Waals surface area contributed by atoms with Gasteiger partial charge in [-0.3, -0.25) is 0 Å². The Morgan fingerprint density at radius 1 is 1.25 bits per heavy atom. The molecule has 6 heteroatoms. The lowest BCUT2D eigenvalue weighted by Crippen LogP contribution is -2.27. The lowest BCUT2D eigenvalue weighted by atomic mass is 10.3. The maximum Gasteiger partial charge on any atom is 0.152 e. The van der Waals surface area contributed by atoms with Crippen LogP contribution in [0.2, 0.25) is 0 Å². The minimum Gasteiger partial charge on any atom is -0.397 e. The molecule has 0 amide bonds. The van der Waals surface area contributed by atoms with Crippen LogP contribution in [0, 0.1) is 0 Å². The van der Waals surface area contributed by atoms with Gasteiger partial charge in [0.2, 0.25) is 0 Å². The number of aromatic nitrogens is 1. The van der Waals surface area contributed by atoms with Gasteiger partial charge in [-0.2, -0.15) is 0 Å². The Morgan fingerprint density at radius 3 is 2.75 bits per heavy atom. The van der Waals surface area contributed by atoms with Crippen LogP contribution in [0.1, 0.15) is 6.42 Å². The van der Waals surface area contributed by atoms with Crippen molar-refractivity contribution in [1.29, 1.82) is 0 Å². The summed E-state index contributed by atoms with van der Waals surface area (Å²) in [7, 11) is -2.86. The van der Waals surface area contributed by atoms with Gasteiger partial charge in [-0.05, 0) is 18.6 Å². The second-order valence-corrected chi connectivity index (χ2v) is 6.25. The summed E-state index contributed by atoms with van der Waals surface area (Å²) in [5.41, 5.74) is 6.17. The first-order valence-corrected chi connectivity index (χ1v) is 7.06. The molecule has 0 atom stereocenters. The molecule has 88 valence electrons. The Labute approximate surface area is 95.2 Å². The molecule has 1 aromatic rings. The average Bonchev–Trinajstić information content (AvgIpc) is 2.41. The predicted octanol–water partition coefficient (Wildman–Crippen LogP) is 0.289. The molecule has 1 saturated heterocycles. The summed E-state index contributed by atoms with van der Waals surface area (Å²) in [6.07, 6.45) is 2.25. The molecule has 0 bridgehead atoms. The summed E-state index contributed by atoms with van der Waals surface area (Å²) < 4.78 is 22.9. The molecule has 1 aliphatic heterocycles. The van der Waals surface area contributed by atoms with Crippen LogP contribution in [0.25, 0.3) is 0 Å². The average molecular weight is 241 g/mol. The maximum atomic E-state index is 11.4. The van der Waals surface area contributed by atoms with Gasteiger partial charge in [0.25, 0.3) is 0 Å². The lowest BCUT2D eigenvalue weighted by Gasteiger charge is -2.20. The normalized spacial score (nSPS) is 20.4. The number of rotatable bonds is 1. The molecule has 2 heterocycles. The van der Waals surface area contributed by atoms with Gasteiger partial charge >= 0.3 is 0 Å². The van der Waals surface area contributed by atoms with E-state index in [9.17, 15) is 8.42 Å². The number of pyridine rings is 1. The van der Waals surface area contributed by atoms with Crippen molar-refractivity contribution < 1.29 is 8.42 Å².